The minimum absolute atomic E-state index is 0.0414. The summed E-state index contributed by atoms with van der Waals surface area (Å²) in [5.41, 5.74) is 5.85. The Kier molecular flexibility index (Phi) is 3.23. The number of hydrogen-bond donors (Lipinski definition) is 2. The standard InChI is InChI=1S/C14H9ClFN3O2/c15-8-2-1-3-9(16)11(8)12-13(21-19-14(12)17)7-6-18-5-4-10(7)20/h1-6H,(H2,17,19)(H,18,20). The molecule has 3 N–H and O–H groups in total. The third-order valence-electron chi connectivity index (χ3n) is 3.00. The fourth-order valence-corrected chi connectivity index (χ4v) is 2.32. The molecule has 5 nitrogen and oxygen atoms in total. The van der Waals surface area contributed by atoms with E-state index >= 15 is 0 Å². The van der Waals surface area contributed by atoms with Crippen LogP contribution in [0.25, 0.3) is 22.5 Å². The van der Waals surface area contributed by atoms with E-state index in [-0.39, 0.29) is 38.7 Å². The highest BCUT2D eigenvalue weighted by molar-refractivity contribution is 6.33. The van der Waals surface area contributed by atoms with Crippen molar-refractivity contribution >= 4 is 17.4 Å². The minimum Gasteiger partial charge on any atom is -0.380 e. The quantitative estimate of drug-likeness (QED) is 0.762. The number of nitrogens with zero attached hydrogens (tertiary/aromatic N) is 1. The van der Waals surface area contributed by atoms with Gasteiger partial charge in [-0.1, -0.05) is 22.8 Å². The van der Waals surface area contributed by atoms with Crippen LogP contribution in [0, 0.1) is 5.82 Å². The number of benzene rings is 1. The van der Waals surface area contributed by atoms with Crippen molar-refractivity contribution in [2.75, 3.05) is 5.73 Å². The van der Waals surface area contributed by atoms with Crippen LogP contribution in [-0.2, 0) is 0 Å². The average Bonchev–Trinajstić information content (AvgIpc) is 2.81. The second-order valence-corrected chi connectivity index (χ2v) is 4.70. The van der Waals surface area contributed by atoms with Gasteiger partial charge in [0, 0.05) is 24.0 Å². The zero-order valence-electron chi connectivity index (χ0n) is 10.6. The summed E-state index contributed by atoms with van der Waals surface area (Å²) in [7, 11) is 0. The summed E-state index contributed by atoms with van der Waals surface area (Å²) in [4.78, 5) is 14.7. The van der Waals surface area contributed by atoms with Gasteiger partial charge in [-0.05, 0) is 12.1 Å². The van der Waals surface area contributed by atoms with Crippen LogP contribution < -0.4 is 11.2 Å². The molecule has 0 unspecified atom stereocenters. The van der Waals surface area contributed by atoms with Crippen LogP contribution in [-0.4, -0.2) is 10.1 Å². The normalized spacial score (nSPS) is 10.8. The van der Waals surface area contributed by atoms with Gasteiger partial charge >= 0.3 is 0 Å². The van der Waals surface area contributed by atoms with E-state index in [4.69, 9.17) is 21.9 Å². The van der Waals surface area contributed by atoms with Crippen LogP contribution in [0.5, 0.6) is 0 Å². The lowest BCUT2D eigenvalue weighted by atomic mass is 10.0. The first kappa shape index (κ1) is 13.4. The zero-order chi connectivity index (χ0) is 15.0. The zero-order valence-corrected chi connectivity index (χ0v) is 11.3. The second-order valence-electron chi connectivity index (χ2n) is 4.29. The number of hydrogen-bond acceptors (Lipinski definition) is 4. The van der Waals surface area contributed by atoms with Gasteiger partial charge < -0.3 is 15.2 Å². The summed E-state index contributed by atoms with van der Waals surface area (Å²) in [6.45, 7) is 0. The summed E-state index contributed by atoms with van der Waals surface area (Å²) < 4.78 is 19.2. The Balaban J connectivity index is 2.34. The molecule has 2 aromatic heterocycles. The van der Waals surface area contributed by atoms with E-state index in [2.05, 4.69) is 10.1 Å². The van der Waals surface area contributed by atoms with Gasteiger partial charge in [-0.25, -0.2) is 4.39 Å². The van der Waals surface area contributed by atoms with Crippen LogP contribution >= 0.6 is 11.6 Å². The molecule has 0 atom stereocenters. The van der Waals surface area contributed by atoms with E-state index in [1.54, 1.807) is 0 Å². The number of pyridine rings is 1. The topological polar surface area (TPSA) is 84.9 Å². The highest BCUT2D eigenvalue weighted by Gasteiger charge is 2.24. The smallest absolute Gasteiger partial charge is 0.192 e. The van der Waals surface area contributed by atoms with Crippen molar-refractivity contribution in [2.24, 2.45) is 0 Å². The number of nitrogens with one attached hydrogen (secondary N) is 1. The van der Waals surface area contributed by atoms with Crippen molar-refractivity contribution in [1.29, 1.82) is 0 Å². The van der Waals surface area contributed by atoms with E-state index in [0.29, 0.717) is 0 Å². The van der Waals surface area contributed by atoms with E-state index in [9.17, 15) is 9.18 Å². The van der Waals surface area contributed by atoms with Crippen LogP contribution in [0.4, 0.5) is 10.2 Å². The number of nitrogens with two attached hydrogens (primary N) is 1. The molecule has 0 aliphatic rings. The molecule has 3 rings (SSSR count). The molecule has 21 heavy (non-hydrogen) atoms. The summed E-state index contributed by atoms with van der Waals surface area (Å²) in [6, 6.07) is 5.55. The maximum Gasteiger partial charge on any atom is 0.192 e. The molecule has 0 aliphatic heterocycles. The van der Waals surface area contributed by atoms with Crippen LogP contribution in [0.1, 0.15) is 0 Å². The maximum atomic E-state index is 14.1. The molecule has 2 heterocycles. The molecular formula is C14H9ClFN3O2. The van der Waals surface area contributed by atoms with Gasteiger partial charge in [0.15, 0.2) is 17.0 Å². The van der Waals surface area contributed by atoms with Gasteiger partial charge in [0.1, 0.15) is 5.82 Å². The molecule has 0 saturated heterocycles. The molecule has 0 amide bonds. The minimum atomic E-state index is -0.578. The predicted octanol–water partition coefficient (Wildman–Crippen LogP) is 3.07. The number of anilines is 1. The highest BCUT2D eigenvalue weighted by Crippen LogP contribution is 2.40. The number of halogens is 2. The van der Waals surface area contributed by atoms with Gasteiger partial charge in [-0.15, -0.1) is 0 Å². The van der Waals surface area contributed by atoms with Crippen molar-refractivity contribution in [1.82, 2.24) is 10.1 Å². The van der Waals surface area contributed by atoms with Gasteiger partial charge in [0.25, 0.3) is 0 Å². The number of aromatic amines is 1. The molecule has 0 spiro atoms. The average molecular weight is 306 g/mol. The van der Waals surface area contributed by atoms with Gasteiger partial charge in [0.05, 0.1) is 16.1 Å². The number of nitrogen functional groups attached to an aromatic ring is 1. The van der Waals surface area contributed by atoms with Gasteiger partial charge in [-0.3, -0.25) is 4.79 Å². The SMILES string of the molecule is Nc1noc(-c2c[nH]ccc2=O)c1-c1c(F)cccc1Cl. The molecule has 0 radical (unpaired) electrons. The Morgan fingerprint density at radius 3 is 2.81 bits per heavy atom. The fourth-order valence-electron chi connectivity index (χ4n) is 2.06. The number of aromatic nitrogens is 2. The van der Waals surface area contributed by atoms with Crippen molar-refractivity contribution in [3.05, 3.63) is 57.7 Å². The highest BCUT2D eigenvalue weighted by atomic mass is 35.5. The molecule has 3 aromatic rings. The molecule has 1 aromatic carbocycles. The van der Waals surface area contributed by atoms with E-state index in [1.165, 1.54) is 36.7 Å². The van der Waals surface area contributed by atoms with Crippen molar-refractivity contribution < 1.29 is 8.91 Å². The summed E-state index contributed by atoms with van der Waals surface area (Å²) in [5.74, 6) is -0.549. The Hall–Kier alpha value is -2.60. The Morgan fingerprint density at radius 1 is 1.29 bits per heavy atom. The fraction of sp³-hybridized carbons (Fsp3) is 0. The molecule has 0 bridgehead atoms. The van der Waals surface area contributed by atoms with E-state index in [1.807, 2.05) is 0 Å². The van der Waals surface area contributed by atoms with Gasteiger partial charge in [0.2, 0.25) is 0 Å². The first-order valence-corrected chi connectivity index (χ1v) is 6.34. The maximum absolute atomic E-state index is 14.1. The number of H-pyrrole nitrogens is 1. The van der Waals surface area contributed by atoms with Crippen molar-refractivity contribution in [2.45, 2.75) is 0 Å². The lowest BCUT2D eigenvalue weighted by Crippen LogP contribution is -2.03. The monoisotopic (exact) mass is 305 g/mol. The summed E-state index contributed by atoms with van der Waals surface area (Å²) in [5, 5.41) is 3.77. The molecular weight excluding hydrogens is 297 g/mol. The lowest BCUT2D eigenvalue weighted by Gasteiger charge is -2.06. The molecule has 0 fully saturated rings. The Morgan fingerprint density at radius 2 is 2.10 bits per heavy atom. The first-order chi connectivity index (χ1) is 10.1. The second kappa shape index (κ2) is 5.06. The van der Waals surface area contributed by atoms with E-state index in [0.717, 1.165) is 0 Å². The molecule has 106 valence electrons. The third-order valence-corrected chi connectivity index (χ3v) is 3.31. The predicted molar refractivity (Wildman–Crippen MR) is 77.4 cm³/mol. The van der Waals surface area contributed by atoms with E-state index < -0.39 is 5.82 Å². The Labute approximate surface area is 123 Å². The van der Waals surface area contributed by atoms with Crippen LogP contribution in [0.2, 0.25) is 5.02 Å². The van der Waals surface area contributed by atoms with Crippen molar-refractivity contribution in [3.63, 3.8) is 0 Å². The van der Waals surface area contributed by atoms with Gasteiger partial charge in [-0.2, -0.15) is 0 Å². The molecule has 7 heteroatoms. The largest absolute Gasteiger partial charge is 0.380 e. The Bertz CT molecular complexity index is 852. The first-order valence-electron chi connectivity index (χ1n) is 5.96. The third kappa shape index (κ3) is 2.19. The summed E-state index contributed by atoms with van der Waals surface area (Å²) >= 11 is 6.04. The van der Waals surface area contributed by atoms with Crippen LogP contribution in [0.15, 0.2) is 46.0 Å². The summed E-state index contributed by atoms with van der Waals surface area (Å²) in [6.07, 6.45) is 2.90. The lowest BCUT2D eigenvalue weighted by molar-refractivity contribution is 0.435. The van der Waals surface area contributed by atoms with Crippen LogP contribution in [0.3, 0.4) is 0 Å². The molecule has 0 aliphatic carbocycles. The number of rotatable bonds is 2. The molecule has 0 saturated carbocycles. The van der Waals surface area contributed by atoms with Crippen molar-refractivity contribution in [3.8, 4) is 22.5 Å².